The summed E-state index contributed by atoms with van der Waals surface area (Å²) in [5.74, 6) is -0.787. The maximum Gasteiger partial charge on any atom is 0.166 e. The average Bonchev–Trinajstić information content (AvgIpc) is 2.16. The molecule has 1 unspecified atom stereocenters. The lowest BCUT2D eigenvalue weighted by molar-refractivity contribution is 0.419. The Morgan fingerprint density at radius 2 is 2.20 bits per heavy atom. The van der Waals surface area contributed by atoms with Crippen LogP contribution in [0.25, 0.3) is 0 Å². The van der Waals surface area contributed by atoms with Crippen LogP contribution in [0.5, 0.6) is 5.75 Å². The molecule has 1 rings (SSSR count). The van der Waals surface area contributed by atoms with E-state index in [1.165, 1.54) is 6.07 Å². The van der Waals surface area contributed by atoms with E-state index in [-0.39, 0.29) is 11.7 Å². The van der Waals surface area contributed by atoms with Gasteiger partial charge in [0.1, 0.15) is 0 Å². The summed E-state index contributed by atoms with van der Waals surface area (Å²) in [4.78, 5) is 0. The van der Waals surface area contributed by atoms with Gasteiger partial charge in [-0.15, -0.1) is 0 Å². The highest BCUT2D eigenvalue weighted by Gasteiger charge is 2.18. The lowest BCUT2D eigenvalue weighted by Crippen LogP contribution is -2.07. The van der Waals surface area contributed by atoms with E-state index < -0.39 is 5.82 Å². The minimum Gasteiger partial charge on any atom is -0.505 e. The zero-order valence-electron chi connectivity index (χ0n) is 8.85. The van der Waals surface area contributed by atoms with E-state index in [0.717, 1.165) is 12.0 Å². The van der Waals surface area contributed by atoms with Gasteiger partial charge in [-0.2, -0.15) is 0 Å². The molecule has 0 saturated carbocycles. The number of rotatable bonds is 3. The highest BCUT2D eigenvalue weighted by atomic mass is 79.9. The average molecular weight is 276 g/mol. The molecule has 0 heterocycles. The summed E-state index contributed by atoms with van der Waals surface area (Å²) in [6, 6.07) is 1.28. The second kappa shape index (κ2) is 4.94. The number of hydrogen-bond donors (Lipinski definition) is 2. The molecule has 0 amide bonds. The molecule has 3 N–H and O–H groups in total. The van der Waals surface area contributed by atoms with Crippen LogP contribution in [0.4, 0.5) is 4.39 Å². The molecule has 0 saturated heterocycles. The highest BCUT2D eigenvalue weighted by Crippen LogP contribution is 2.36. The molecule has 0 aliphatic heterocycles. The fourth-order valence-corrected chi connectivity index (χ4v) is 2.13. The summed E-state index contributed by atoms with van der Waals surface area (Å²) in [5.41, 5.74) is 6.97. The van der Waals surface area contributed by atoms with Gasteiger partial charge in [-0.1, -0.05) is 22.9 Å². The molecule has 15 heavy (non-hydrogen) atoms. The van der Waals surface area contributed by atoms with Gasteiger partial charge in [-0.05, 0) is 37.4 Å². The van der Waals surface area contributed by atoms with Crippen LogP contribution in [0.15, 0.2) is 10.5 Å². The van der Waals surface area contributed by atoms with Crippen LogP contribution in [0.2, 0.25) is 0 Å². The first kappa shape index (κ1) is 12.5. The molecular weight excluding hydrogens is 261 g/mol. The molecular formula is C11H15BrFNO. The number of phenolic OH excluding ortho intramolecular Hbond substituents is 1. The normalized spacial score (nSPS) is 12.9. The van der Waals surface area contributed by atoms with Crippen LogP contribution >= 0.6 is 15.9 Å². The lowest BCUT2D eigenvalue weighted by Gasteiger charge is -2.17. The first-order valence-electron chi connectivity index (χ1n) is 4.86. The third-order valence-corrected chi connectivity index (χ3v) is 3.41. The summed E-state index contributed by atoms with van der Waals surface area (Å²) in [7, 11) is 0. The molecule has 2 nitrogen and oxygen atoms in total. The van der Waals surface area contributed by atoms with E-state index in [4.69, 9.17) is 5.73 Å². The molecule has 0 fully saturated rings. The predicted molar refractivity (Wildman–Crippen MR) is 62.6 cm³/mol. The molecule has 0 spiro atoms. The second-order valence-corrected chi connectivity index (χ2v) is 4.56. The number of phenols is 1. The van der Waals surface area contributed by atoms with Crippen molar-refractivity contribution >= 4 is 15.9 Å². The van der Waals surface area contributed by atoms with Crippen molar-refractivity contribution in [1.29, 1.82) is 0 Å². The van der Waals surface area contributed by atoms with Crippen molar-refractivity contribution in [3.05, 3.63) is 27.5 Å². The summed E-state index contributed by atoms with van der Waals surface area (Å²) in [6.07, 6.45) is 0.726. The van der Waals surface area contributed by atoms with Crippen LogP contribution < -0.4 is 5.73 Å². The molecule has 0 aromatic heterocycles. The fourth-order valence-electron chi connectivity index (χ4n) is 1.72. The Kier molecular flexibility index (Phi) is 4.11. The van der Waals surface area contributed by atoms with Crippen molar-refractivity contribution in [1.82, 2.24) is 0 Å². The van der Waals surface area contributed by atoms with Gasteiger partial charge in [0.15, 0.2) is 11.6 Å². The second-order valence-electron chi connectivity index (χ2n) is 3.71. The third-order valence-electron chi connectivity index (χ3n) is 2.59. The van der Waals surface area contributed by atoms with Gasteiger partial charge in [0.05, 0.1) is 0 Å². The quantitative estimate of drug-likeness (QED) is 0.891. The number of halogens is 2. The van der Waals surface area contributed by atoms with E-state index in [1.54, 1.807) is 0 Å². The van der Waals surface area contributed by atoms with Crippen molar-refractivity contribution in [2.75, 3.05) is 6.54 Å². The van der Waals surface area contributed by atoms with Gasteiger partial charge < -0.3 is 10.8 Å². The van der Waals surface area contributed by atoms with Crippen molar-refractivity contribution < 1.29 is 9.50 Å². The van der Waals surface area contributed by atoms with Crippen LogP contribution in [-0.2, 0) is 0 Å². The predicted octanol–water partition coefficient (Wildman–Crippen LogP) is 3.05. The Balaban J connectivity index is 3.26. The number of nitrogens with two attached hydrogens (primary N) is 1. The summed E-state index contributed by atoms with van der Waals surface area (Å²) < 4.78 is 14.0. The Labute approximate surface area is 97.4 Å². The van der Waals surface area contributed by atoms with Crippen molar-refractivity contribution in [3.8, 4) is 5.75 Å². The first-order valence-corrected chi connectivity index (χ1v) is 5.65. The molecule has 0 aliphatic rings. The van der Waals surface area contributed by atoms with Gasteiger partial charge in [-0.25, -0.2) is 4.39 Å². The van der Waals surface area contributed by atoms with E-state index in [2.05, 4.69) is 15.9 Å². The van der Waals surface area contributed by atoms with Gasteiger partial charge >= 0.3 is 0 Å². The number of aromatic hydroxyl groups is 1. The molecule has 84 valence electrons. The molecule has 0 bridgehead atoms. The molecule has 1 atom stereocenters. The summed E-state index contributed by atoms with van der Waals surface area (Å²) in [5, 5.41) is 9.66. The van der Waals surface area contributed by atoms with Crippen molar-refractivity contribution in [2.45, 2.75) is 26.2 Å². The molecule has 0 aliphatic carbocycles. The number of benzene rings is 1. The zero-order valence-corrected chi connectivity index (χ0v) is 10.4. The first-order chi connectivity index (χ1) is 6.99. The number of hydrogen-bond acceptors (Lipinski definition) is 2. The molecule has 4 heteroatoms. The van der Waals surface area contributed by atoms with Crippen LogP contribution in [-0.4, -0.2) is 11.7 Å². The minimum atomic E-state index is -0.591. The van der Waals surface area contributed by atoms with Crippen LogP contribution in [0, 0.1) is 12.7 Å². The van der Waals surface area contributed by atoms with Gasteiger partial charge in [-0.3, -0.25) is 0 Å². The van der Waals surface area contributed by atoms with Gasteiger partial charge in [0, 0.05) is 10.0 Å². The van der Waals surface area contributed by atoms with E-state index in [0.29, 0.717) is 16.6 Å². The smallest absolute Gasteiger partial charge is 0.166 e. The van der Waals surface area contributed by atoms with Crippen LogP contribution in [0.3, 0.4) is 0 Å². The van der Waals surface area contributed by atoms with Crippen LogP contribution in [0.1, 0.15) is 30.4 Å². The molecule has 0 radical (unpaired) electrons. The topological polar surface area (TPSA) is 46.2 Å². The Morgan fingerprint density at radius 1 is 1.60 bits per heavy atom. The summed E-state index contributed by atoms with van der Waals surface area (Å²) >= 11 is 3.27. The SMILES string of the molecule is Cc1c(Br)cc(F)c(O)c1C(C)CCN. The Hall–Kier alpha value is -0.610. The monoisotopic (exact) mass is 275 g/mol. The van der Waals surface area contributed by atoms with E-state index >= 15 is 0 Å². The van der Waals surface area contributed by atoms with E-state index in [9.17, 15) is 9.50 Å². The third kappa shape index (κ3) is 2.49. The largest absolute Gasteiger partial charge is 0.505 e. The van der Waals surface area contributed by atoms with Crippen molar-refractivity contribution in [3.63, 3.8) is 0 Å². The van der Waals surface area contributed by atoms with E-state index in [1.807, 2.05) is 13.8 Å². The highest BCUT2D eigenvalue weighted by molar-refractivity contribution is 9.10. The fraction of sp³-hybridized carbons (Fsp3) is 0.455. The van der Waals surface area contributed by atoms with Gasteiger partial charge in [0.25, 0.3) is 0 Å². The standard InChI is InChI=1S/C11H15BrFNO/c1-6(3-4-14)10-7(2)8(12)5-9(13)11(10)15/h5-6,15H,3-4,14H2,1-2H3. The zero-order chi connectivity index (χ0) is 11.6. The maximum atomic E-state index is 13.3. The van der Waals surface area contributed by atoms with Crippen molar-refractivity contribution in [2.24, 2.45) is 5.73 Å². The maximum absolute atomic E-state index is 13.3. The minimum absolute atomic E-state index is 0.0574. The Bertz CT molecular complexity index is 342. The lowest BCUT2D eigenvalue weighted by atomic mass is 9.92. The molecule has 1 aromatic rings. The Morgan fingerprint density at radius 3 is 2.73 bits per heavy atom. The molecule has 1 aromatic carbocycles. The van der Waals surface area contributed by atoms with Gasteiger partial charge in [0.2, 0.25) is 0 Å². The summed E-state index contributed by atoms with van der Waals surface area (Å²) in [6.45, 7) is 4.31.